The van der Waals surface area contributed by atoms with Gasteiger partial charge in [0.1, 0.15) is 5.82 Å². The lowest BCUT2D eigenvalue weighted by molar-refractivity contribution is 0.129. The molecule has 1 aromatic rings. The van der Waals surface area contributed by atoms with Crippen LogP contribution in [0.25, 0.3) is 0 Å². The van der Waals surface area contributed by atoms with Gasteiger partial charge in [0, 0.05) is 15.4 Å². The van der Waals surface area contributed by atoms with E-state index in [1.807, 2.05) is 0 Å². The van der Waals surface area contributed by atoms with Gasteiger partial charge >= 0.3 is 0 Å². The second kappa shape index (κ2) is 7.00. The van der Waals surface area contributed by atoms with Gasteiger partial charge in [-0.05, 0) is 55.6 Å². The van der Waals surface area contributed by atoms with Gasteiger partial charge in [-0.3, -0.25) is 0 Å². The van der Waals surface area contributed by atoms with Crippen LogP contribution in [0, 0.1) is 23.6 Å². The minimum atomic E-state index is -0.168. The fourth-order valence-corrected chi connectivity index (χ4v) is 5.37. The highest BCUT2D eigenvalue weighted by molar-refractivity contribution is 9.09. The average molecular weight is 374 g/mol. The molecule has 0 aromatic heterocycles. The minimum Gasteiger partial charge on any atom is -0.207 e. The van der Waals surface area contributed by atoms with Crippen molar-refractivity contribution in [2.75, 3.05) is 0 Å². The summed E-state index contributed by atoms with van der Waals surface area (Å²) >= 11 is 10.00. The summed E-state index contributed by atoms with van der Waals surface area (Å²) in [5, 5.41) is 0.561. The SMILES string of the molecule is Fc1cccc(Cl)c1CC(Br)C1CCC2CCCCC2C1. The molecule has 116 valence electrons. The van der Waals surface area contributed by atoms with Crippen molar-refractivity contribution in [2.45, 2.75) is 56.2 Å². The molecule has 0 bridgehead atoms. The molecular formula is C18H23BrClF. The number of benzene rings is 1. The van der Waals surface area contributed by atoms with Crippen molar-refractivity contribution in [3.63, 3.8) is 0 Å². The Morgan fingerprint density at radius 2 is 1.90 bits per heavy atom. The van der Waals surface area contributed by atoms with Gasteiger partial charge in [0.05, 0.1) is 0 Å². The van der Waals surface area contributed by atoms with E-state index in [0.717, 1.165) is 11.8 Å². The second-order valence-corrected chi connectivity index (χ2v) is 8.38. The largest absolute Gasteiger partial charge is 0.207 e. The summed E-state index contributed by atoms with van der Waals surface area (Å²) in [4.78, 5) is 0.342. The van der Waals surface area contributed by atoms with Crippen LogP contribution in [0.3, 0.4) is 0 Å². The number of alkyl halides is 1. The van der Waals surface area contributed by atoms with E-state index >= 15 is 0 Å². The standard InChI is InChI=1S/C18H23BrClF/c19-16(11-15-17(20)6-3-7-18(15)21)14-9-8-12-4-1-2-5-13(12)10-14/h3,6-7,12-14,16H,1-2,4-5,8-11H2. The van der Waals surface area contributed by atoms with Gasteiger partial charge in [0.2, 0.25) is 0 Å². The molecule has 0 amide bonds. The third-order valence-corrected chi connectivity index (χ3v) is 6.98. The summed E-state index contributed by atoms with van der Waals surface area (Å²) in [7, 11) is 0. The van der Waals surface area contributed by atoms with Crippen LogP contribution in [0.1, 0.15) is 50.5 Å². The number of fused-ring (bicyclic) bond motifs is 1. The molecule has 0 aliphatic heterocycles. The Labute approximate surface area is 140 Å². The molecule has 3 heteroatoms. The summed E-state index contributed by atoms with van der Waals surface area (Å²) in [6, 6.07) is 4.98. The molecule has 4 unspecified atom stereocenters. The van der Waals surface area contributed by atoms with E-state index in [4.69, 9.17) is 11.6 Å². The Balaban J connectivity index is 1.64. The van der Waals surface area contributed by atoms with E-state index in [0.29, 0.717) is 27.8 Å². The summed E-state index contributed by atoms with van der Waals surface area (Å²) in [5.74, 6) is 2.37. The Hall–Kier alpha value is -0.0800. The van der Waals surface area contributed by atoms with Gasteiger partial charge < -0.3 is 0 Å². The van der Waals surface area contributed by atoms with E-state index in [-0.39, 0.29) is 5.82 Å². The first kappa shape index (κ1) is 15.8. The van der Waals surface area contributed by atoms with Crippen LogP contribution >= 0.6 is 27.5 Å². The molecule has 0 saturated heterocycles. The first-order chi connectivity index (χ1) is 10.1. The summed E-state index contributed by atoms with van der Waals surface area (Å²) in [5.41, 5.74) is 0.673. The van der Waals surface area contributed by atoms with Crippen molar-refractivity contribution in [2.24, 2.45) is 17.8 Å². The van der Waals surface area contributed by atoms with E-state index in [9.17, 15) is 4.39 Å². The molecule has 0 nitrogen and oxygen atoms in total. The number of hydrogen-bond acceptors (Lipinski definition) is 0. The van der Waals surface area contributed by atoms with Gasteiger partial charge in [-0.15, -0.1) is 0 Å². The van der Waals surface area contributed by atoms with Gasteiger partial charge in [-0.25, -0.2) is 4.39 Å². The highest BCUT2D eigenvalue weighted by Crippen LogP contribution is 2.45. The zero-order chi connectivity index (χ0) is 14.8. The average Bonchev–Trinajstić information content (AvgIpc) is 2.50. The third-order valence-electron chi connectivity index (χ3n) is 5.55. The molecule has 0 spiro atoms. The Kier molecular flexibility index (Phi) is 5.27. The van der Waals surface area contributed by atoms with Crippen LogP contribution in [0.4, 0.5) is 4.39 Å². The molecular weight excluding hydrogens is 351 g/mol. The second-order valence-electron chi connectivity index (χ2n) is 6.80. The molecule has 0 radical (unpaired) electrons. The van der Waals surface area contributed by atoms with Crippen LogP contribution in [0.5, 0.6) is 0 Å². The first-order valence-corrected chi connectivity index (χ1v) is 9.51. The lowest BCUT2D eigenvalue weighted by atomic mass is 9.66. The van der Waals surface area contributed by atoms with Crippen LogP contribution in [0.2, 0.25) is 5.02 Å². The van der Waals surface area contributed by atoms with E-state index < -0.39 is 0 Å². The fraction of sp³-hybridized carbons (Fsp3) is 0.667. The maximum absolute atomic E-state index is 13.9. The molecule has 21 heavy (non-hydrogen) atoms. The van der Waals surface area contributed by atoms with E-state index in [1.54, 1.807) is 12.1 Å². The number of halogens is 3. The molecule has 0 N–H and O–H groups in total. The molecule has 2 aliphatic carbocycles. The Morgan fingerprint density at radius 3 is 2.67 bits per heavy atom. The first-order valence-electron chi connectivity index (χ1n) is 8.22. The smallest absolute Gasteiger partial charge is 0.127 e. The maximum Gasteiger partial charge on any atom is 0.127 e. The molecule has 4 atom stereocenters. The van der Waals surface area contributed by atoms with Crippen LogP contribution in [-0.4, -0.2) is 4.83 Å². The summed E-state index contributed by atoms with van der Waals surface area (Å²) < 4.78 is 13.9. The van der Waals surface area contributed by atoms with Crippen molar-refractivity contribution in [3.8, 4) is 0 Å². The van der Waals surface area contributed by atoms with E-state index in [1.165, 1.54) is 51.0 Å². The summed E-state index contributed by atoms with van der Waals surface area (Å²) in [6.07, 6.45) is 10.3. The van der Waals surface area contributed by atoms with Gasteiger partial charge in [-0.1, -0.05) is 59.3 Å². The van der Waals surface area contributed by atoms with Crippen molar-refractivity contribution in [1.29, 1.82) is 0 Å². The van der Waals surface area contributed by atoms with Crippen molar-refractivity contribution < 1.29 is 4.39 Å². The fourth-order valence-electron chi connectivity index (χ4n) is 4.33. The van der Waals surface area contributed by atoms with Crippen LogP contribution in [-0.2, 0) is 6.42 Å². The Morgan fingerprint density at radius 1 is 1.14 bits per heavy atom. The minimum absolute atomic E-state index is 0.168. The molecule has 2 saturated carbocycles. The zero-order valence-electron chi connectivity index (χ0n) is 12.3. The number of rotatable bonds is 3. The monoisotopic (exact) mass is 372 g/mol. The zero-order valence-corrected chi connectivity index (χ0v) is 14.7. The molecule has 1 aromatic carbocycles. The van der Waals surface area contributed by atoms with Gasteiger partial charge in [-0.2, -0.15) is 0 Å². The van der Waals surface area contributed by atoms with Crippen molar-refractivity contribution in [1.82, 2.24) is 0 Å². The molecule has 3 rings (SSSR count). The quantitative estimate of drug-likeness (QED) is 0.538. The van der Waals surface area contributed by atoms with Crippen molar-refractivity contribution in [3.05, 3.63) is 34.6 Å². The lowest BCUT2D eigenvalue weighted by Crippen LogP contribution is -2.32. The predicted molar refractivity (Wildman–Crippen MR) is 90.6 cm³/mol. The summed E-state index contributed by atoms with van der Waals surface area (Å²) in [6.45, 7) is 0. The normalized spacial score (nSPS) is 30.7. The molecule has 0 heterocycles. The maximum atomic E-state index is 13.9. The third kappa shape index (κ3) is 3.64. The van der Waals surface area contributed by atoms with Crippen molar-refractivity contribution >= 4 is 27.5 Å². The van der Waals surface area contributed by atoms with Crippen LogP contribution < -0.4 is 0 Å². The lowest BCUT2D eigenvalue weighted by Gasteiger charge is -2.41. The van der Waals surface area contributed by atoms with Crippen LogP contribution in [0.15, 0.2) is 18.2 Å². The van der Waals surface area contributed by atoms with E-state index in [2.05, 4.69) is 15.9 Å². The Bertz CT molecular complexity index is 470. The predicted octanol–water partition coefficient (Wildman–Crippen LogP) is 6.39. The highest BCUT2D eigenvalue weighted by Gasteiger charge is 2.35. The topological polar surface area (TPSA) is 0 Å². The molecule has 2 aliphatic rings. The highest BCUT2D eigenvalue weighted by atomic mass is 79.9. The molecule has 2 fully saturated rings. The van der Waals surface area contributed by atoms with Gasteiger partial charge in [0.15, 0.2) is 0 Å². The number of hydrogen-bond donors (Lipinski definition) is 0. The van der Waals surface area contributed by atoms with Gasteiger partial charge in [0.25, 0.3) is 0 Å².